The minimum Gasteiger partial charge on any atom is -0.497 e. The van der Waals surface area contributed by atoms with Crippen LogP contribution in [0.5, 0.6) is 5.75 Å². The van der Waals surface area contributed by atoms with Crippen LogP contribution in [0.25, 0.3) is 0 Å². The maximum atomic E-state index is 5.41. The van der Waals surface area contributed by atoms with E-state index >= 15 is 0 Å². The van der Waals surface area contributed by atoms with Crippen molar-refractivity contribution >= 4 is 5.71 Å². The van der Waals surface area contributed by atoms with E-state index < -0.39 is 0 Å². The standard InChI is InChI=1S/C20H27NO2/c1-20-11-10-16-15-7-5-14(22-2)12-13(15)4-6-17(16)18(20)8-9-19(20)21-23-3/h5,7,12,16-18H,4,6,8-11H2,1-3H3/b21-19+/t16-,17-,18+,20+/m1/s1. The molecule has 0 bridgehead atoms. The molecule has 2 fully saturated rings. The fourth-order valence-corrected chi connectivity index (χ4v) is 5.73. The topological polar surface area (TPSA) is 30.8 Å². The van der Waals surface area contributed by atoms with Crippen molar-refractivity contribution in [1.29, 1.82) is 0 Å². The van der Waals surface area contributed by atoms with E-state index in [9.17, 15) is 0 Å². The van der Waals surface area contributed by atoms with Gasteiger partial charge in [0.25, 0.3) is 0 Å². The number of aryl methyl sites for hydroxylation is 1. The Morgan fingerprint density at radius 1 is 1.13 bits per heavy atom. The highest BCUT2D eigenvalue weighted by atomic mass is 16.6. The summed E-state index contributed by atoms with van der Waals surface area (Å²) in [5.74, 6) is 3.30. The van der Waals surface area contributed by atoms with Crippen molar-refractivity contribution in [2.45, 2.75) is 51.4 Å². The molecule has 4 rings (SSSR count). The van der Waals surface area contributed by atoms with Gasteiger partial charge in [-0.05, 0) is 79.5 Å². The normalized spacial score (nSPS) is 37.0. The lowest BCUT2D eigenvalue weighted by atomic mass is 9.55. The highest BCUT2D eigenvalue weighted by Gasteiger charge is 2.53. The third-order valence-corrected chi connectivity index (χ3v) is 6.88. The van der Waals surface area contributed by atoms with Crippen molar-refractivity contribution in [2.24, 2.45) is 22.4 Å². The van der Waals surface area contributed by atoms with Gasteiger partial charge >= 0.3 is 0 Å². The molecule has 3 aliphatic carbocycles. The number of benzene rings is 1. The van der Waals surface area contributed by atoms with E-state index in [1.807, 2.05) is 0 Å². The van der Waals surface area contributed by atoms with Crippen molar-refractivity contribution in [2.75, 3.05) is 14.2 Å². The lowest BCUT2D eigenvalue weighted by Crippen LogP contribution is -2.42. The minimum atomic E-state index is 0.265. The third-order valence-electron chi connectivity index (χ3n) is 6.88. The highest BCUT2D eigenvalue weighted by molar-refractivity contribution is 5.92. The Bertz CT molecular complexity index is 639. The second kappa shape index (κ2) is 5.54. The van der Waals surface area contributed by atoms with Crippen molar-refractivity contribution in [1.82, 2.24) is 0 Å². The summed E-state index contributed by atoms with van der Waals surface area (Å²) in [5.41, 5.74) is 4.67. The first-order valence-electron chi connectivity index (χ1n) is 8.94. The molecular formula is C20H27NO2. The van der Waals surface area contributed by atoms with Crippen LogP contribution in [-0.2, 0) is 11.3 Å². The maximum Gasteiger partial charge on any atom is 0.119 e. The number of hydrogen-bond acceptors (Lipinski definition) is 3. The Kier molecular flexibility index (Phi) is 3.62. The molecule has 0 amide bonds. The maximum absolute atomic E-state index is 5.41. The van der Waals surface area contributed by atoms with Crippen molar-refractivity contribution in [3.63, 3.8) is 0 Å². The molecule has 0 N–H and O–H groups in total. The van der Waals surface area contributed by atoms with Crippen LogP contribution < -0.4 is 4.74 Å². The summed E-state index contributed by atoms with van der Waals surface area (Å²) in [6.07, 6.45) is 7.42. The van der Waals surface area contributed by atoms with E-state index in [0.29, 0.717) is 0 Å². The molecule has 0 spiro atoms. The molecule has 3 heteroatoms. The Balaban J connectivity index is 1.66. The Labute approximate surface area is 139 Å². The lowest BCUT2D eigenvalue weighted by Gasteiger charge is -2.49. The first-order valence-corrected chi connectivity index (χ1v) is 8.94. The van der Waals surface area contributed by atoms with Gasteiger partial charge in [0.15, 0.2) is 0 Å². The van der Waals surface area contributed by atoms with Crippen molar-refractivity contribution < 1.29 is 9.57 Å². The molecule has 0 heterocycles. The van der Waals surface area contributed by atoms with Gasteiger partial charge in [-0.2, -0.15) is 0 Å². The Morgan fingerprint density at radius 3 is 2.78 bits per heavy atom. The summed E-state index contributed by atoms with van der Waals surface area (Å²) in [6, 6.07) is 6.72. The molecule has 0 radical (unpaired) electrons. The fraction of sp³-hybridized carbons (Fsp3) is 0.650. The van der Waals surface area contributed by atoms with Crippen LogP contribution in [0.4, 0.5) is 0 Å². The van der Waals surface area contributed by atoms with Gasteiger partial charge in [0.2, 0.25) is 0 Å². The van der Waals surface area contributed by atoms with Gasteiger partial charge in [0.1, 0.15) is 12.9 Å². The second-order valence-corrected chi connectivity index (χ2v) is 7.70. The van der Waals surface area contributed by atoms with Crippen LogP contribution in [0.2, 0.25) is 0 Å². The Hall–Kier alpha value is -1.51. The van der Waals surface area contributed by atoms with Crippen LogP contribution in [-0.4, -0.2) is 19.9 Å². The largest absolute Gasteiger partial charge is 0.497 e. The van der Waals surface area contributed by atoms with Gasteiger partial charge in [-0.25, -0.2) is 0 Å². The van der Waals surface area contributed by atoms with Crippen LogP contribution in [0.15, 0.2) is 23.4 Å². The van der Waals surface area contributed by atoms with E-state index in [-0.39, 0.29) is 5.41 Å². The molecule has 0 aliphatic heterocycles. The smallest absolute Gasteiger partial charge is 0.119 e. The number of fused-ring (bicyclic) bond motifs is 5. The number of hydrogen-bond donors (Lipinski definition) is 0. The Morgan fingerprint density at radius 2 is 2.00 bits per heavy atom. The molecular weight excluding hydrogens is 286 g/mol. The molecule has 0 saturated heterocycles. The lowest BCUT2D eigenvalue weighted by molar-refractivity contribution is 0.0924. The summed E-state index contributed by atoms with van der Waals surface area (Å²) in [5, 5.41) is 4.38. The summed E-state index contributed by atoms with van der Waals surface area (Å²) >= 11 is 0. The zero-order valence-corrected chi connectivity index (χ0v) is 14.5. The summed E-state index contributed by atoms with van der Waals surface area (Å²) < 4.78 is 5.41. The molecule has 2 saturated carbocycles. The molecule has 23 heavy (non-hydrogen) atoms. The van der Waals surface area contributed by atoms with Gasteiger partial charge in [-0.1, -0.05) is 18.1 Å². The second-order valence-electron chi connectivity index (χ2n) is 7.70. The van der Waals surface area contributed by atoms with E-state index in [2.05, 4.69) is 30.3 Å². The zero-order chi connectivity index (χ0) is 16.0. The first kappa shape index (κ1) is 15.0. The predicted molar refractivity (Wildman–Crippen MR) is 92.1 cm³/mol. The van der Waals surface area contributed by atoms with Gasteiger partial charge in [-0.15, -0.1) is 0 Å². The number of nitrogens with zero attached hydrogens (tertiary/aromatic N) is 1. The quantitative estimate of drug-likeness (QED) is 0.750. The fourth-order valence-electron chi connectivity index (χ4n) is 5.73. The molecule has 124 valence electrons. The average Bonchev–Trinajstić information content (AvgIpc) is 2.91. The monoisotopic (exact) mass is 313 g/mol. The third kappa shape index (κ3) is 2.20. The van der Waals surface area contributed by atoms with Gasteiger partial charge in [0.05, 0.1) is 12.8 Å². The van der Waals surface area contributed by atoms with Crippen LogP contribution in [0.1, 0.15) is 56.1 Å². The summed E-state index contributed by atoms with van der Waals surface area (Å²) in [7, 11) is 3.44. The summed E-state index contributed by atoms with van der Waals surface area (Å²) in [4.78, 5) is 5.13. The van der Waals surface area contributed by atoms with Gasteiger partial charge in [0, 0.05) is 5.41 Å². The highest BCUT2D eigenvalue weighted by Crippen LogP contribution is 2.59. The molecule has 4 atom stereocenters. The molecule has 1 aromatic carbocycles. The van der Waals surface area contributed by atoms with E-state index in [1.165, 1.54) is 43.4 Å². The van der Waals surface area contributed by atoms with Crippen molar-refractivity contribution in [3.8, 4) is 5.75 Å². The molecule has 1 aromatic rings. The SMILES string of the molecule is CO/N=C1\CC[C@H]2[C@@H]3CCc4cc(OC)ccc4[C@H]3CC[C@]12C. The van der Waals surface area contributed by atoms with Crippen LogP contribution in [0.3, 0.4) is 0 Å². The predicted octanol–water partition coefficient (Wildman–Crippen LogP) is 4.55. The molecule has 3 aliphatic rings. The van der Waals surface area contributed by atoms with E-state index in [0.717, 1.165) is 29.9 Å². The van der Waals surface area contributed by atoms with Crippen molar-refractivity contribution in [3.05, 3.63) is 29.3 Å². The zero-order valence-electron chi connectivity index (χ0n) is 14.5. The molecule has 0 aromatic heterocycles. The molecule has 0 unspecified atom stereocenters. The van der Waals surface area contributed by atoms with Gasteiger partial charge < -0.3 is 9.57 Å². The van der Waals surface area contributed by atoms with Gasteiger partial charge in [-0.3, -0.25) is 0 Å². The van der Waals surface area contributed by atoms with E-state index in [1.54, 1.807) is 19.8 Å². The summed E-state index contributed by atoms with van der Waals surface area (Å²) in [6.45, 7) is 2.43. The minimum absolute atomic E-state index is 0.265. The number of oxime groups is 1. The average molecular weight is 313 g/mol. The van der Waals surface area contributed by atoms with E-state index in [4.69, 9.17) is 9.57 Å². The van der Waals surface area contributed by atoms with Crippen LogP contribution >= 0.6 is 0 Å². The number of ether oxygens (including phenoxy) is 1. The number of methoxy groups -OCH3 is 1. The number of rotatable bonds is 2. The first-order chi connectivity index (χ1) is 11.2. The molecule has 3 nitrogen and oxygen atoms in total. The van der Waals surface area contributed by atoms with Crippen LogP contribution in [0, 0.1) is 17.3 Å².